The molecule has 2 unspecified atom stereocenters. The van der Waals surface area contributed by atoms with Gasteiger partial charge in [-0.1, -0.05) is 35.0 Å². The van der Waals surface area contributed by atoms with Crippen molar-refractivity contribution in [1.29, 1.82) is 0 Å². The van der Waals surface area contributed by atoms with Crippen LogP contribution in [0.2, 0.25) is 0 Å². The van der Waals surface area contributed by atoms with Crippen LogP contribution in [0.5, 0.6) is 0 Å². The van der Waals surface area contributed by atoms with Crippen molar-refractivity contribution in [3.05, 3.63) is 34.3 Å². The van der Waals surface area contributed by atoms with Crippen molar-refractivity contribution >= 4 is 33.5 Å². The Kier molecular flexibility index (Phi) is 5.52. The molecule has 88 valence electrons. The number of thioether (sulfide) groups is 1. The molecule has 1 aromatic carbocycles. The normalized spacial score (nSPS) is 14.5. The predicted octanol–water partition coefficient (Wildman–Crippen LogP) is 3.13. The zero-order valence-electron chi connectivity index (χ0n) is 9.31. The smallest absolute Gasteiger partial charge is 0.172 e. The van der Waals surface area contributed by atoms with E-state index >= 15 is 0 Å². The molecule has 0 aliphatic rings. The number of benzene rings is 1. The summed E-state index contributed by atoms with van der Waals surface area (Å²) in [7, 11) is 0. The summed E-state index contributed by atoms with van der Waals surface area (Å²) in [5, 5.41) is 9.39. The molecule has 1 N–H and O–H groups in total. The van der Waals surface area contributed by atoms with E-state index in [1.807, 2.05) is 25.1 Å². The Hall–Kier alpha value is -0.320. The Balaban J connectivity index is 2.53. The number of hydrogen-bond donors (Lipinski definition) is 1. The lowest BCUT2D eigenvalue weighted by atomic mass is 10.2. The molecular weight excluding hydrogens is 288 g/mol. The average Bonchev–Trinajstić information content (AvgIpc) is 2.25. The van der Waals surface area contributed by atoms with Crippen LogP contribution in [-0.4, -0.2) is 28.0 Å². The summed E-state index contributed by atoms with van der Waals surface area (Å²) < 4.78 is 0.909. The van der Waals surface area contributed by atoms with Crippen molar-refractivity contribution in [3.8, 4) is 0 Å². The Bertz CT molecular complexity index is 366. The monoisotopic (exact) mass is 302 g/mol. The van der Waals surface area contributed by atoms with Crippen LogP contribution in [-0.2, 0) is 0 Å². The van der Waals surface area contributed by atoms with Gasteiger partial charge in [0, 0.05) is 15.3 Å². The highest BCUT2D eigenvalue weighted by Crippen LogP contribution is 2.18. The number of carbonyl (C=O) groups excluding carboxylic acids is 1. The molecule has 4 heteroatoms. The number of carbonyl (C=O) groups is 1. The van der Waals surface area contributed by atoms with Gasteiger partial charge >= 0.3 is 0 Å². The summed E-state index contributed by atoms with van der Waals surface area (Å²) in [5.41, 5.74) is 0.708. The maximum Gasteiger partial charge on any atom is 0.172 e. The number of Topliss-reactive ketones (excluding diaryl/α,β-unsaturated/α-hetero) is 1. The third kappa shape index (κ3) is 4.28. The van der Waals surface area contributed by atoms with Crippen LogP contribution in [0.25, 0.3) is 0 Å². The fourth-order valence-electron chi connectivity index (χ4n) is 1.09. The summed E-state index contributed by atoms with van der Waals surface area (Å²) in [6.45, 7) is 3.66. The van der Waals surface area contributed by atoms with E-state index in [0.29, 0.717) is 11.3 Å². The lowest BCUT2D eigenvalue weighted by molar-refractivity contribution is 0.102. The molecule has 2 atom stereocenters. The van der Waals surface area contributed by atoms with Crippen molar-refractivity contribution in [1.82, 2.24) is 0 Å². The minimum absolute atomic E-state index is 0.0797. The molecule has 0 aromatic heterocycles. The fourth-order valence-corrected chi connectivity index (χ4v) is 2.35. The number of rotatable bonds is 5. The minimum atomic E-state index is -0.389. The summed E-state index contributed by atoms with van der Waals surface area (Å²) in [4.78, 5) is 11.8. The Morgan fingerprint density at radius 1 is 1.50 bits per heavy atom. The Morgan fingerprint density at radius 2 is 2.19 bits per heavy atom. The lowest BCUT2D eigenvalue weighted by Crippen LogP contribution is -2.17. The van der Waals surface area contributed by atoms with E-state index in [1.165, 1.54) is 11.8 Å². The first-order valence-corrected chi connectivity index (χ1v) is 6.93. The van der Waals surface area contributed by atoms with Crippen LogP contribution in [0.15, 0.2) is 28.7 Å². The summed E-state index contributed by atoms with van der Waals surface area (Å²) >= 11 is 4.81. The molecule has 0 saturated heterocycles. The van der Waals surface area contributed by atoms with Crippen molar-refractivity contribution in [3.63, 3.8) is 0 Å². The van der Waals surface area contributed by atoms with Gasteiger partial charge in [0.25, 0.3) is 0 Å². The van der Waals surface area contributed by atoms with E-state index in [1.54, 1.807) is 13.0 Å². The molecule has 0 bridgehead atoms. The largest absolute Gasteiger partial charge is 0.392 e. The van der Waals surface area contributed by atoms with Crippen LogP contribution < -0.4 is 0 Å². The molecule has 2 nitrogen and oxygen atoms in total. The van der Waals surface area contributed by atoms with Crippen molar-refractivity contribution in [2.24, 2.45) is 0 Å². The number of hydrogen-bond acceptors (Lipinski definition) is 3. The van der Waals surface area contributed by atoms with Gasteiger partial charge in [0.15, 0.2) is 5.78 Å². The minimum Gasteiger partial charge on any atom is -0.392 e. The number of ketones is 1. The summed E-state index contributed by atoms with van der Waals surface area (Å²) in [6, 6.07) is 7.36. The standard InChI is InChI=1S/C12H15BrO2S/c1-8(14)9(2)16-7-12(15)10-4-3-5-11(13)6-10/h3-6,8-9,14H,7H2,1-2H3. The predicted molar refractivity (Wildman–Crippen MR) is 72.1 cm³/mol. The van der Waals surface area contributed by atoms with E-state index in [2.05, 4.69) is 15.9 Å². The van der Waals surface area contributed by atoms with Crippen molar-refractivity contribution in [2.75, 3.05) is 5.75 Å². The summed E-state index contributed by atoms with van der Waals surface area (Å²) in [5.74, 6) is 0.501. The second kappa shape index (κ2) is 6.42. The molecule has 0 fully saturated rings. The van der Waals surface area contributed by atoms with E-state index in [0.717, 1.165) is 4.47 Å². The van der Waals surface area contributed by atoms with Crippen LogP contribution in [0.4, 0.5) is 0 Å². The molecular formula is C12H15BrO2S. The van der Waals surface area contributed by atoms with Crippen LogP contribution in [0.3, 0.4) is 0 Å². The summed E-state index contributed by atoms with van der Waals surface area (Å²) in [6.07, 6.45) is -0.389. The van der Waals surface area contributed by atoms with E-state index in [-0.39, 0.29) is 17.1 Å². The zero-order chi connectivity index (χ0) is 12.1. The highest BCUT2D eigenvalue weighted by atomic mass is 79.9. The lowest BCUT2D eigenvalue weighted by Gasteiger charge is -2.13. The van der Waals surface area contributed by atoms with Gasteiger partial charge in [-0.05, 0) is 19.1 Å². The quantitative estimate of drug-likeness (QED) is 0.849. The number of halogens is 1. The molecule has 0 radical (unpaired) electrons. The topological polar surface area (TPSA) is 37.3 Å². The van der Waals surface area contributed by atoms with Gasteiger partial charge in [-0.25, -0.2) is 0 Å². The van der Waals surface area contributed by atoms with Crippen LogP contribution in [0.1, 0.15) is 24.2 Å². The van der Waals surface area contributed by atoms with Gasteiger partial charge in [-0.2, -0.15) is 0 Å². The molecule has 16 heavy (non-hydrogen) atoms. The first kappa shape index (κ1) is 13.7. The molecule has 0 spiro atoms. The van der Waals surface area contributed by atoms with E-state index in [9.17, 15) is 9.90 Å². The zero-order valence-corrected chi connectivity index (χ0v) is 11.7. The van der Waals surface area contributed by atoms with E-state index < -0.39 is 0 Å². The van der Waals surface area contributed by atoms with Gasteiger partial charge in [0.2, 0.25) is 0 Å². The first-order valence-electron chi connectivity index (χ1n) is 5.09. The number of aliphatic hydroxyl groups excluding tert-OH is 1. The number of aliphatic hydroxyl groups is 1. The average molecular weight is 303 g/mol. The maximum absolute atomic E-state index is 11.8. The highest BCUT2D eigenvalue weighted by Gasteiger charge is 2.12. The molecule has 0 heterocycles. The van der Waals surface area contributed by atoms with Crippen molar-refractivity contribution < 1.29 is 9.90 Å². The molecule has 1 aromatic rings. The Labute approximate surface area is 109 Å². The second-order valence-electron chi connectivity index (χ2n) is 3.69. The molecule has 0 saturated carbocycles. The third-order valence-electron chi connectivity index (χ3n) is 2.30. The van der Waals surface area contributed by atoms with Gasteiger partial charge < -0.3 is 5.11 Å². The van der Waals surface area contributed by atoms with Crippen molar-refractivity contribution in [2.45, 2.75) is 25.2 Å². The van der Waals surface area contributed by atoms with Gasteiger partial charge in [-0.3, -0.25) is 4.79 Å². The van der Waals surface area contributed by atoms with Gasteiger partial charge in [0.1, 0.15) is 0 Å². The molecule has 0 aliphatic heterocycles. The van der Waals surface area contributed by atoms with Crippen LogP contribution >= 0.6 is 27.7 Å². The third-order valence-corrected chi connectivity index (χ3v) is 4.15. The highest BCUT2D eigenvalue weighted by molar-refractivity contribution is 9.10. The van der Waals surface area contributed by atoms with Gasteiger partial charge in [-0.15, -0.1) is 11.8 Å². The molecule has 0 aliphatic carbocycles. The second-order valence-corrected chi connectivity index (χ2v) is 5.97. The molecule has 0 amide bonds. The fraction of sp³-hybridized carbons (Fsp3) is 0.417. The maximum atomic E-state index is 11.8. The van der Waals surface area contributed by atoms with Gasteiger partial charge in [0.05, 0.1) is 11.9 Å². The molecule has 1 rings (SSSR count). The Morgan fingerprint density at radius 3 is 2.75 bits per heavy atom. The van der Waals surface area contributed by atoms with Crippen LogP contribution in [0, 0.1) is 0 Å². The first-order chi connectivity index (χ1) is 7.50. The van der Waals surface area contributed by atoms with E-state index in [4.69, 9.17) is 0 Å². The SMILES string of the molecule is CC(O)C(C)SCC(=O)c1cccc(Br)c1.